The minimum atomic E-state index is 0.619. The standard InChI is InChI=1S/C14H17N3O/c1-10-15-14(16-18-10)13-6-3-5-11-9-17(2)8-4-7-12(11)13/h3,5-6H,4,7-9H2,1-2H3. The van der Waals surface area contributed by atoms with Crippen molar-refractivity contribution in [3.05, 3.63) is 35.2 Å². The van der Waals surface area contributed by atoms with Gasteiger partial charge in [0.25, 0.3) is 0 Å². The third-order valence-corrected chi connectivity index (χ3v) is 3.45. The number of hydrogen-bond acceptors (Lipinski definition) is 4. The highest BCUT2D eigenvalue weighted by atomic mass is 16.5. The van der Waals surface area contributed by atoms with Gasteiger partial charge >= 0.3 is 0 Å². The van der Waals surface area contributed by atoms with Crippen molar-refractivity contribution < 1.29 is 4.52 Å². The molecule has 1 aromatic heterocycles. The van der Waals surface area contributed by atoms with Crippen molar-refractivity contribution in [3.63, 3.8) is 0 Å². The van der Waals surface area contributed by atoms with Crippen LogP contribution in [-0.2, 0) is 13.0 Å². The van der Waals surface area contributed by atoms with Crippen LogP contribution in [0.25, 0.3) is 11.4 Å². The van der Waals surface area contributed by atoms with Crippen LogP contribution in [0, 0.1) is 6.92 Å². The Balaban J connectivity index is 2.08. The second kappa shape index (κ2) is 4.53. The maximum Gasteiger partial charge on any atom is 0.223 e. The molecule has 94 valence electrons. The molecule has 2 heterocycles. The van der Waals surface area contributed by atoms with Crippen LogP contribution in [0.5, 0.6) is 0 Å². The number of aromatic nitrogens is 2. The van der Waals surface area contributed by atoms with E-state index in [9.17, 15) is 0 Å². The van der Waals surface area contributed by atoms with E-state index in [2.05, 4.69) is 40.3 Å². The van der Waals surface area contributed by atoms with Crippen molar-refractivity contribution in [2.75, 3.05) is 13.6 Å². The van der Waals surface area contributed by atoms with E-state index >= 15 is 0 Å². The summed E-state index contributed by atoms with van der Waals surface area (Å²) in [6.07, 6.45) is 2.26. The highest BCUT2D eigenvalue weighted by molar-refractivity contribution is 5.62. The summed E-state index contributed by atoms with van der Waals surface area (Å²) in [5, 5.41) is 4.04. The summed E-state index contributed by atoms with van der Waals surface area (Å²) in [5.41, 5.74) is 3.89. The Morgan fingerprint density at radius 1 is 1.33 bits per heavy atom. The Morgan fingerprint density at radius 3 is 3.00 bits per heavy atom. The quantitative estimate of drug-likeness (QED) is 0.771. The van der Waals surface area contributed by atoms with Crippen molar-refractivity contribution in [1.29, 1.82) is 0 Å². The van der Waals surface area contributed by atoms with Crippen molar-refractivity contribution >= 4 is 0 Å². The second-order valence-corrected chi connectivity index (χ2v) is 4.92. The van der Waals surface area contributed by atoms with Gasteiger partial charge < -0.3 is 9.42 Å². The molecular formula is C14H17N3O. The number of nitrogens with zero attached hydrogens (tertiary/aromatic N) is 3. The predicted octanol–water partition coefficient (Wildman–Crippen LogP) is 2.42. The maximum absolute atomic E-state index is 5.09. The van der Waals surface area contributed by atoms with Gasteiger partial charge in [-0.15, -0.1) is 0 Å². The molecule has 0 spiro atoms. The molecule has 3 rings (SSSR count). The van der Waals surface area contributed by atoms with E-state index in [1.807, 2.05) is 6.92 Å². The molecule has 1 aliphatic heterocycles. The first-order valence-electron chi connectivity index (χ1n) is 6.34. The molecule has 1 aliphatic rings. The maximum atomic E-state index is 5.09. The number of rotatable bonds is 1. The van der Waals surface area contributed by atoms with Crippen LogP contribution in [0.3, 0.4) is 0 Å². The molecule has 18 heavy (non-hydrogen) atoms. The summed E-state index contributed by atoms with van der Waals surface area (Å²) in [6, 6.07) is 6.38. The van der Waals surface area contributed by atoms with E-state index in [0.717, 1.165) is 25.1 Å². The van der Waals surface area contributed by atoms with Gasteiger partial charge in [0, 0.05) is 19.0 Å². The molecule has 0 bridgehead atoms. The van der Waals surface area contributed by atoms with Crippen LogP contribution in [0.2, 0.25) is 0 Å². The highest BCUT2D eigenvalue weighted by Gasteiger charge is 2.17. The van der Waals surface area contributed by atoms with Crippen LogP contribution >= 0.6 is 0 Å². The summed E-state index contributed by atoms with van der Waals surface area (Å²) in [7, 11) is 2.17. The number of fused-ring (bicyclic) bond motifs is 1. The first-order chi connectivity index (χ1) is 8.74. The summed E-state index contributed by atoms with van der Waals surface area (Å²) < 4.78 is 5.09. The van der Waals surface area contributed by atoms with Gasteiger partial charge in [-0.2, -0.15) is 4.98 Å². The first-order valence-corrected chi connectivity index (χ1v) is 6.34. The first kappa shape index (κ1) is 11.4. The Bertz CT molecular complexity index is 562. The number of hydrogen-bond donors (Lipinski definition) is 0. The van der Waals surface area contributed by atoms with Crippen LogP contribution in [0.1, 0.15) is 23.4 Å². The minimum absolute atomic E-state index is 0.619. The summed E-state index contributed by atoms with van der Waals surface area (Å²) in [5.74, 6) is 1.34. The smallest absolute Gasteiger partial charge is 0.223 e. The molecule has 4 nitrogen and oxygen atoms in total. The zero-order valence-electron chi connectivity index (χ0n) is 10.8. The second-order valence-electron chi connectivity index (χ2n) is 4.92. The molecule has 1 aromatic carbocycles. The highest BCUT2D eigenvalue weighted by Crippen LogP contribution is 2.28. The molecule has 0 saturated heterocycles. The van der Waals surface area contributed by atoms with E-state index in [1.165, 1.54) is 17.5 Å². The predicted molar refractivity (Wildman–Crippen MR) is 69.1 cm³/mol. The topological polar surface area (TPSA) is 42.2 Å². The number of benzene rings is 1. The SMILES string of the molecule is Cc1nc(-c2cccc3c2CCCN(C)C3)no1. The Kier molecular flexibility index (Phi) is 2.88. The Morgan fingerprint density at radius 2 is 2.22 bits per heavy atom. The van der Waals surface area contributed by atoms with Crippen LogP contribution < -0.4 is 0 Å². The van der Waals surface area contributed by atoms with Crippen LogP contribution in [0.15, 0.2) is 22.7 Å². The Labute approximate surface area is 107 Å². The fourth-order valence-corrected chi connectivity index (χ4v) is 2.59. The molecule has 0 N–H and O–H groups in total. The van der Waals surface area contributed by atoms with Crippen molar-refractivity contribution in [2.45, 2.75) is 26.3 Å². The van der Waals surface area contributed by atoms with Gasteiger partial charge in [-0.1, -0.05) is 23.4 Å². The van der Waals surface area contributed by atoms with Gasteiger partial charge in [0.15, 0.2) is 0 Å². The van der Waals surface area contributed by atoms with Crippen molar-refractivity contribution in [3.8, 4) is 11.4 Å². The molecule has 0 radical (unpaired) electrons. The summed E-state index contributed by atoms with van der Waals surface area (Å²) in [4.78, 5) is 6.71. The monoisotopic (exact) mass is 243 g/mol. The van der Waals surface area contributed by atoms with Gasteiger partial charge in [0.1, 0.15) is 0 Å². The molecule has 0 amide bonds. The third kappa shape index (κ3) is 2.04. The zero-order valence-corrected chi connectivity index (χ0v) is 10.8. The lowest BCUT2D eigenvalue weighted by molar-refractivity contribution is 0.332. The molecule has 0 saturated carbocycles. The molecule has 0 unspecified atom stereocenters. The van der Waals surface area contributed by atoms with Crippen LogP contribution in [-0.4, -0.2) is 28.6 Å². The van der Waals surface area contributed by atoms with Gasteiger partial charge in [-0.3, -0.25) is 0 Å². The van der Waals surface area contributed by atoms with Crippen molar-refractivity contribution in [2.24, 2.45) is 0 Å². The molecule has 2 aromatic rings. The normalized spacial score (nSPS) is 16.3. The summed E-state index contributed by atoms with van der Waals surface area (Å²) >= 11 is 0. The fourth-order valence-electron chi connectivity index (χ4n) is 2.59. The average molecular weight is 243 g/mol. The molecular weight excluding hydrogens is 226 g/mol. The molecule has 0 fully saturated rings. The molecule has 0 atom stereocenters. The van der Waals surface area contributed by atoms with Gasteiger partial charge in [0.05, 0.1) is 0 Å². The van der Waals surface area contributed by atoms with Gasteiger partial charge in [0.2, 0.25) is 11.7 Å². The van der Waals surface area contributed by atoms with E-state index in [1.54, 1.807) is 0 Å². The van der Waals surface area contributed by atoms with Gasteiger partial charge in [-0.05, 0) is 37.6 Å². The number of aryl methyl sites for hydroxylation is 1. The largest absolute Gasteiger partial charge is 0.339 e. The third-order valence-electron chi connectivity index (χ3n) is 3.45. The van der Waals surface area contributed by atoms with E-state index < -0.39 is 0 Å². The Hall–Kier alpha value is -1.68. The zero-order chi connectivity index (χ0) is 12.5. The molecule has 0 aliphatic carbocycles. The minimum Gasteiger partial charge on any atom is -0.339 e. The van der Waals surface area contributed by atoms with Crippen molar-refractivity contribution in [1.82, 2.24) is 15.0 Å². The average Bonchev–Trinajstić information content (AvgIpc) is 2.68. The fraction of sp³-hybridized carbons (Fsp3) is 0.429. The van der Waals surface area contributed by atoms with E-state index in [0.29, 0.717) is 11.7 Å². The molecule has 4 heteroatoms. The van der Waals surface area contributed by atoms with Crippen LogP contribution in [0.4, 0.5) is 0 Å². The van der Waals surface area contributed by atoms with E-state index in [4.69, 9.17) is 4.52 Å². The summed E-state index contributed by atoms with van der Waals surface area (Å²) in [6.45, 7) is 3.96. The van der Waals surface area contributed by atoms with Gasteiger partial charge in [-0.25, -0.2) is 0 Å². The van der Waals surface area contributed by atoms with E-state index in [-0.39, 0.29) is 0 Å². The lowest BCUT2D eigenvalue weighted by atomic mass is 9.97. The lowest BCUT2D eigenvalue weighted by Crippen LogP contribution is -2.16. The lowest BCUT2D eigenvalue weighted by Gasteiger charge is -2.13.